The number of hydrogen-bond acceptors (Lipinski definition) is 3. The maximum atomic E-state index is 12.6. The van der Waals surface area contributed by atoms with Crippen LogP contribution in [0, 0.1) is 0 Å². The number of carbonyl (C=O) groups excluding carboxylic acids is 1. The van der Waals surface area contributed by atoms with E-state index in [2.05, 4.69) is 10.1 Å². The van der Waals surface area contributed by atoms with E-state index in [0.29, 0.717) is 12.8 Å². The third-order valence-corrected chi connectivity index (χ3v) is 2.58. The molecule has 1 aliphatic carbocycles. The van der Waals surface area contributed by atoms with Crippen LogP contribution in [0.1, 0.15) is 24.1 Å². The van der Waals surface area contributed by atoms with Crippen LogP contribution in [0.15, 0.2) is 11.2 Å². The van der Waals surface area contributed by atoms with Gasteiger partial charge in [-0.05, 0) is 12.8 Å². The van der Waals surface area contributed by atoms with Crippen molar-refractivity contribution in [3.63, 3.8) is 0 Å². The van der Waals surface area contributed by atoms with Gasteiger partial charge in [0, 0.05) is 18.8 Å². The lowest BCUT2D eigenvalue weighted by atomic mass is 10.1. The number of aromatic nitrogens is 2. The second-order valence-corrected chi connectivity index (χ2v) is 3.80. The molecule has 0 bridgehead atoms. The van der Waals surface area contributed by atoms with Crippen molar-refractivity contribution in [3.05, 3.63) is 17.5 Å². The van der Waals surface area contributed by atoms with E-state index < -0.39 is 17.4 Å². The van der Waals surface area contributed by atoms with Gasteiger partial charge in [0.05, 0.1) is 0 Å². The highest BCUT2D eigenvalue weighted by atomic mass is 19.4. The van der Waals surface area contributed by atoms with Crippen LogP contribution >= 0.6 is 0 Å². The van der Waals surface area contributed by atoms with Crippen molar-refractivity contribution in [2.24, 2.45) is 12.0 Å². The van der Waals surface area contributed by atoms with Gasteiger partial charge in [0.25, 0.3) is 0 Å². The third-order valence-electron chi connectivity index (χ3n) is 2.58. The van der Waals surface area contributed by atoms with E-state index >= 15 is 0 Å². The molecule has 0 atom stereocenters. The fraction of sp³-hybridized carbons (Fsp3) is 0.556. The van der Waals surface area contributed by atoms with Gasteiger partial charge >= 0.3 is 6.18 Å². The summed E-state index contributed by atoms with van der Waals surface area (Å²) < 4.78 is 39.0. The summed E-state index contributed by atoms with van der Waals surface area (Å²) in [7, 11) is 1.40. The molecule has 1 aliphatic rings. The summed E-state index contributed by atoms with van der Waals surface area (Å²) >= 11 is 0. The molecule has 0 saturated heterocycles. The topological polar surface area (TPSA) is 47.2 Å². The Labute approximate surface area is 88.8 Å². The van der Waals surface area contributed by atoms with Gasteiger partial charge in [-0.25, -0.2) is 4.79 Å². The zero-order valence-electron chi connectivity index (χ0n) is 8.38. The average molecular weight is 231 g/mol. The van der Waals surface area contributed by atoms with Crippen molar-refractivity contribution in [1.29, 1.82) is 0 Å². The molecule has 0 spiro atoms. The number of alkyl halides is 3. The normalized spacial score (nSPS) is 18.0. The molecule has 0 N–H and O–H groups in total. The molecule has 1 saturated carbocycles. The smallest absolute Gasteiger partial charge is 0.275 e. The van der Waals surface area contributed by atoms with Crippen molar-refractivity contribution in [2.45, 2.75) is 24.6 Å². The Bertz CT molecular complexity index is 467. The lowest BCUT2D eigenvalue weighted by molar-refractivity contribution is -0.142. The average Bonchev–Trinajstić information content (AvgIpc) is 2.81. The van der Waals surface area contributed by atoms with Gasteiger partial charge in [0.15, 0.2) is 5.69 Å². The first-order chi connectivity index (χ1) is 7.39. The summed E-state index contributed by atoms with van der Waals surface area (Å²) in [6.07, 6.45) is -1.08. The minimum Gasteiger partial charge on any atom is -0.275 e. The van der Waals surface area contributed by atoms with Gasteiger partial charge in [-0.2, -0.15) is 23.3 Å². The lowest BCUT2D eigenvalue weighted by Gasteiger charge is -2.09. The van der Waals surface area contributed by atoms with Crippen LogP contribution in [0.3, 0.4) is 0 Å². The van der Waals surface area contributed by atoms with E-state index in [9.17, 15) is 18.0 Å². The summed E-state index contributed by atoms with van der Waals surface area (Å²) in [5.74, 6) is 0. The van der Waals surface area contributed by atoms with Crippen LogP contribution in [-0.4, -0.2) is 15.9 Å². The van der Waals surface area contributed by atoms with E-state index in [1.807, 2.05) is 0 Å². The number of aryl methyl sites for hydroxylation is 1. The SMILES string of the molecule is Cn1cc(C2(N=C=O)CC2)c(C(F)(F)F)n1. The molecule has 16 heavy (non-hydrogen) atoms. The van der Waals surface area contributed by atoms with Gasteiger partial charge in [0.1, 0.15) is 5.54 Å². The van der Waals surface area contributed by atoms with Gasteiger partial charge < -0.3 is 0 Å². The Morgan fingerprint density at radius 1 is 1.56 bits per heavy atom. The summed E-state index contributed by atoms with van der Waals surface area (Å²) in [4.78, 5) is 13.7. The molecule has 86 valence electrons. The maximum absolute atomic E-state index is 12.6. The van der Waals surface area contributed by atoms with Gasteiger partial charge in [-0.1, -0.05) is 0 Å². The predicted molar refractivity (Wildman–Crippen MR) is 47.2 cm³/mol. The molecule has 0 amide bonds. The van der Waals surface area contributed by atoms with Crippen LogP contribution in [0.4, 0.5) is 13.2 Å². The molecular weight excluding hydrogens is 223 g/mol. The highest BCUT2D eigenvalue weighted by molar-refractivity contribution is 5.42. The largest absolute Gasteiger partial charge is 0.435 e. The Hall–Kier alpha value is -1.62. The van der Waals surface area contributed by atoms with E-state index in [0.717, 1.165) is 4.68 Å². The van der Waals surface area contributed by atoms with Crippen LogP contribution in [0.25, 0.3) is 0 Å². The summed E-state index contributed by atoms with van der Waals surface area (Å²) in [6, 6.07) is 0. The Morgan fingerprint density at radius 2 is 2.19 bits per heavy atom. The fourth-order valence-electron chi connectivity index (χ4n) is 1.69. The first kappa shape index (κ1) is 10.9. The number of hydrogen-bond donors (Lipinski definition) is 0. The van der Waals surface area contributed by atoms with E-state index in [4.69, 9.17) is 0 Å². The second-order valence-electron chi connectivity index (χ2n) is 3.80. The highest BCUT2D eigenvalue weighted by Gasteiger charge is 2.52. The van der Waals surface area contributed by atoms with Crippen molar-refractivity contribution >= 4 is 6.08 Å². The standard InChI is InChI=1S/C9H8F3N3O/c1-15-4-6(7(14-15)9(10,11)12)8(2-3-8)13-5-16/h4H,2-3H2,1H3. The summed E-state index contributed by atoms with van der Waals surface area (Å²) in [5, 5.41) is 3.37. The molecular formula is C9H8F3N3O. The third kappa shape index (κ3) is 1.63. The molecule has 0 aliphatic heterocycles. The first-order valence-electron chi connectivity index (χ1n) is 4.59. The molecule has 1 fully saturated rings. The van der Waals surface area contributed by atoms with E-state index in [1.165, 1.54) is 19.3 Å². The summed E-state index contributed by atoms with van der Waals surface area (Å²) in [5.41, 5.74) is -2.04. The molecule has 1 aromatic heterocycles. The molecule has 2 rings (SSSR count). The monoisotopic (exact) mass is 231 g/mol. The molecule has 1 aromatic rings. The number of nitrogens with zero attached hydrogens (tertiary/aromatic N) is 3. The minimum atomic E-state index is -4.52. The zero-order valence-corrected chi connectivity index (χ0v) is 8.38. The van der Waals surface area contributed by atoms with E-state index in [1.54, 1.807) is 0 Å². The second kappa shape index (κ2) is 3.18. The molecule has 0 unspecified atom stereocenters. The van der Waals surface area contributed by atoms with Crippen LogP contribution in [0.2, 0.25) is 0 Å². The first-order valence-corrected chi connectivity index (χ1v) is 4.59. The number of rotatable bonds is 2. The van der Waals surface area contributed by atoms with Crippen molar-refractivity contribution < 1.29 is 18.0 Å². The Kier molecular flexibility index (Phi) is 2.17. The molecule has 7 heteroatoms. The summed E-state index contributed by atoms with van der Waals surface area (Å²) in [6.45, 7) is 0. The highest BCUT2D eigenvalue weighted by Crippen LogP contribution is 2.52. The number of isocyanates is 1. The minimum absolute atomic E-state index is 0.0362. The lowest BCUT2D eigenvalue weighted by Crippen LogP contribution is -2.14. The number of aliphatic imine (C=N–C) groups is 1. The van der Waals surface area contributed by atoms with Gasteiger partial charge in [-0.15, -0.1) is 0 Å². The van der Waals surface area contributed by atoms with Gasteiger partial charge in [-0.3, -0.25) is 4.68 Å². The quantitative estimate of drug-likeness (QED) is 0.575. The molecule has 4 nitrogen and oxygen atoms in total. The van der Waals surface area contributed by atoms with Crippen LogP contribution < -0.4 is 0 Å². The van der Waals surface area contributed by atoms with Crippen molar-refractivity contribution in [3.8, 4) is 0 Å². The Balaban J connectivity index is 2.53. The van der Waals surface area contributed by atoms with Crippen molar-refractivity contribution in [1.82, 2.24) is 9.78 Å². The van der Waals surface area contributed by atoms with Crippen LogP contribution in [0.5, 0.6) is 0 Å². The van der Waals surface area contributed by atoms with E-state index in [-0.39, 0.29) is 5.56 Å². The van der Waals surface area contributed by atoms with Crippen LogP contribution in [-0.2, 0) is 23.6 Å². The fourth-order valence-corrected chi connectivity index (χ4v) is 1.69. The maximum Gasteiger partial charge on any atom is 0.435 e. The van der Waals surface area contributed by atoms with Gasteiger partial charge in [0.2, 0.25) is 6.08 Å². The molecule has 0 radical (unpaired) electrons. The predicted octanol–water partition coefficient (Wildman–Crippen LogP) is 1.76. The molecule has 0 aromatic carbocycles. The van der Waals surface area contributed by atoms with Crippen molar-refractivity contribution in [2.75, 3.05) is 0 Å². The number of halogens is 3. The molecule has 1 heterocycles. The zero-order chi connectivity index (χ0) is 12.0. The Morgan fingerprint density at radius 3 is 2.62 bits per heavy atom.